The van der Waals surface area contributed by atoms with Gasteiger partial charge in [0.25, 0.3) is 0 Å². The molecule has 1 fully saturated rings. The molecule has 1 N–H and O–H groups in total. The summed E-state index contributed by atoms with van der Waals surface area (Å²) in [4.78, 5) is 15.3. The maximum atomic E-state index is 11.7. The highest BCUT2D eigenvalue weighted by Crippen LogP contribution is 2.22. The quantitative estimate of drug-likeness (QED) is 0.608. The third kappa shape index (κ3) is 6.76. The van der Waals surface area contributed by atoms with Crippen molar-refractivity contribution in [3.8, 4) is 0 Å². The zero-order valence-electron chi connectivity index (χ0n) is 12.3. The van der Waals surface area contributed by atoms with Gasteiger partial charge in [0.15, 0.2) is 0 Å². The largest absolute Gasteiger partial charge is 0.353 e. The molecule has 0 aromatic carbocycles. The number of carbonyl (C=O) groups is 1. The Bertz CT molecular complexity index is 465. The second-order valence-electron chi connectivity index (χ2n) is 5.38. The van der Waals surface area contributed by atoms with Crippen LogP contribution in [-0.4, -0.2) is 37.0 Å². The van der Waals surface area contributed by atoms with Gasteiger partial charge < -0.3 is 10.2 Å². The molecule has 2 rings (SSSR count). The lowest BCUT2D eigenvalue weighted by molar-refractivity contribution is -0.116. The van der Waals surface area contributed by atoms with Crippen molar-refractivity contribution >= 4 is 39.2 Å². The number of nitrogens with zero attached hydrogens (tertiary/aromatic N) is 1. The summed E-state index contributed by atoms with van der Waals surface area (Å²) in [5.41, 5.74) is 0. The van der Waals surface area contributed by atoms with Crippen LogP contribution in [0.1, 0.15) is 37.0 Å². The molecule has 1 aliphatic rings. The van der Waals surface area contributed by atoms with Crippen molar-refractivity contribution in [3.05, 3.63) is 26.9 Å². The molecule has 0 aliphatic carbocycles. The summed E-state index contributed by atoms with van der Waals surface area (Å²) in [6, 6.07) is 3.99. The van der Waals surface area contributed by atoms with Gasteiger partial charge in [-0.15, -0.1) is 11.3 Å². The average Bonchev–Trinajstić information content (AvgIpc) is 2.73. The number of likely N-dealkylation sites (tertiary alicyclic amines) is 1. The number of halogens is 1. The van der Waals surface area contributed by atoms with Crippen LogP contribution in [0.3, 0.4) is 0 Å². The van der Waals surface area contributed by atoms with Gasteiger partial charge in [-0.25, -0.2) is 0 Å². The first-order valence-electron chi connectivity index (χ1n) is 7.67. The number of rotatable bonds is 6. The van der Waals surface area contributed by atoms with Gasteiger partial charge in [0, 0.05) is 17.5 Å². The molecule has 116 valence electrons. The number of nitrogens with one attached hydrogen (secondary N) is 1. The number of hydrogen-bond donors (Lipinski definition) is 1. The Morgan fingerprint density at radius 1 is 1.29 bits per heavy atom. The third-order valence-corrected chi connectivity index (χ3v) is 5.23. The van der Waals surface area contributed by atoms with E-state index in [1.165, 1.54) is 38.8 Å². The number of amides is 1. The van der Waals surface area contributed by atoms with E-state index in [2.05, 4.69) is 26.1 Å². The molecule has 3 nitrogen and oxygen atoms in total. The molecule has 2 heterocycles. The first-order valence-corrected chi connectivity index (χ1v) is 9.28. The van der Waals surface area contributed by atoms with Crippen LogP contribution in [0.4, 0.5) is 0 Å². The van der Waals surface area contributed by atoms with Gasteiger partial charge >= 0.3 is 0 Å². The molecule has 0 unspecified atom stereocenters. The number of thiophene rings is 1. The summed E-state index contributed by atoms with van der Waals surface area (Å²) in [6.45, 7) is 4.30. The van der Waals surface area contributed by atoms with E-state index in [4.69, 9.17) is 0 Å². The van der Waals surface area contributed by atoms with Crippen LogP contribution < -0.4 is 5.32 Å². The van der Waals surface area contributed by atoms with Crippen LogP contribution in [0, 0.1) is 0 Å². The second-order valence-corrected chi connectivity index (χ2v) is 7.87. The van der Waals surface area contributed by atoms with Crippen molar-refractivity contribution in [2.24, 2.45) is 0 Å². The highest BCUT2D eigenvalue weighted by molar-refractivity contribution is 9.11. The van der Waals surface area contributed by atoms with Crippen LogP contribution in [0.15, 0.2) is 22.0 Å². The first-order chi connectivity index (χ1) is 10.2. The fourth-order valence-corrected chi connectivity index (χ4v) is 3.83. The molecule has 21 heavy (non-hydrogen) atoms. The van der Waals surface area contributed by atoms with Gasteiger partial charge in [-0.2, -0.15) is 0 Å². The molecule has 5 heteroatoms. The van der Waals surface area contributed by atoms with E-state index in [0.29, 0.717) is 0 Å². The first kappa shape index (κ1) is 16.7. The van der Waals surface area contributed by atoms with Crippen LogP contribution in [0.25, 0.3) is 6.08 Å². The van der Waals surface area contributed by atoms with Crippen molar-refractivity contribution in [1.29, 1.82) is 0 Å². The maximum Gasteiger partial charge on any atom is 0.244 e. The molecular weight excluding hydrogens is 348 g/mol. The lowest BCUT2D eigenvalue weighted by atomic mass is 10.2. The Morgan fingerprint density at radius 3 is 2.71 bits per heavy atom. The zero-order chi connectivity index (χ0) is 14.9. The van der Waals surface area contributed by atoms with Crippen molar-refractivity contribution in [1.82, 2.24) is 10.2 Å². The summed E-state index contributed by atoms with van der Waals surface area (Å²) in [5, 5.41) is 2.96. The fourth-order valence-electron chi connectivity index (χ4n) is 2.51. The van der Waals surface area contributed by atoms with E-state index in [1.807, 2.05) is 18.2 Å². The summed E-state index contributed by atoms with van der Waals surface area (Å²) in [6.07, 6.45) is 9.90. The minimum atomic E-state index is -0.00427. The Morgan fingerprint density at radius 2 is 2.05 bits per heavy atom. The highest BCUT2D eigenvalue weighted by atomic mass is 79.9. The van der Waals surface area contributed by atoms with Crippen molar-refractivity contribution in [2.45, 2.75) is 32.1 Å². The van der Waals surface area contributed by atoms with Gasteiger partial charge in [-0.3, -0.25) is 4.79 Å². The molecule has 0 saturated carbocycles. The van der Waals surface area contributed by atoms with E-state index < -0.39 is 0 Å². The topological polar surface area (TPSA) is 32.3 Å². The van der Waals surface area contributed by atoms with Crippen molar-refractivity contribution < 1.29 is 4.79 Å². The molecule has 0 bridgehead atoms. The Kier molecular flexibility index (Phi) is 7.47. The second kappa shape index (κ2) is 9.38. The van der Waals surface area contributed by atoms with Crippen molar-refractivity contribution in [3.63, 3.8) is 0 Å². The van der Waals surface area contributed by atoms with Crippen LogP contribution in [0.2, 0.25) is 0 Å². The monoisotopic (exact) mass is 370 g/mol. The van der Waals surface area contributed by atoms with E-state index in [-0.39, 0.29) is 5.91 Å². The predicted molar refractivity (Wildman–Crippen MR) is 93.6 cm³/mol. The van der Waals surface area contributed by atoms with Gasteiger partial charge in [-0.1, -0.05) is 12.8 Å². The molecule has 1 aromatic rings. The average molecular weight is 371 g/mol. The highest BCUT2D eigenvalue weighted by Gasteiger charge is 2.08. The van der Waals surface area contributed by atoms with Gasteiger partial charge in [0.05, 0.1) is 3.79 Å². The molecular formula is C16H23BrN2OS. The fraction of sp³-hybridized carbons (Fsp3) is 0.562. The summed E-state index contributed by atoms with van der Waals surface area (Å²) in [5.74, 6) is -0.00427. The molecule has 1 aromatic heterocycles. The van der Waals surface area contributed by atoms with Crippen molar-refractivity contribution in [2.75, 3.05) is 26.2 Å². The zero-order valence-corrected chi connectivity index (χ0v) is 14.7. The Labute approximate surface area is 139 Å². The van der Waals surface area contributed by atoms with E-state index in [0.717, 1.165) is 28.2 Å². The standard InChI is InChI=1S/C16H23BrN2OS/c17-15-8-6-14(21-15)7-9-16(20)18-10-5-13-19-11-3-1-2-4-12-19/h6-9H,1-5,10-13H2,(H,18,20). The molecule has 0 radical (unpaired) electrons. The smallest absolute Gasteiger partial charge is 0.244 e. The number of carbonyl (C=O) groups excluding carboxylic acids is 1. The summed E-state index contributed by atoms with van der Waals surface area (Å²) in [7, 11) is 0. The maximum absolute atomic E-state index is 11.7. The molecule has 0 spiro atoms. The van der Waals surface area contributed by atoms with E-state index in [9.17, 15) is 4.79 Å². The lowest BCUT2D eigenvalue weighted by Gasteiger charge is -2.19. The predicted octanol–water partition coefficient (Wildman–Crippen LogP) is 3.91. The van der Waals surface area contributed by atoms with E-state index >= 15 is 0 Å². The molecule has 1 saturated heterocycles. The summed E-state index contributed by atoms with van der Waals surface area (Å²) < 4.78 is 1.08. The van der Waals surface area contributed by atoms with Gasteiger partial charge in [-0.05, 0) is 73.0 Å². The minimum absolute atomic E-state index is 0.00427. The van der Waals surface area contributed by atoms with Crippen LogP contribution in [-0.2, 0) is 4.79 Å². The van der Waals surface area contributed by atoms with Gasteiger partial charge in [0.2, 0.25) is 5.91 Å². The Balaban J connectivity index is 1.59. The summed E-state index contributed by atoms with van der Waals surface area (Å²) >= 11 is 5.04. The minimum Gasteiger partial charge on any atom is -0.353 e. The molecule has 1 aliphatic heterocycles. The van der Waals surface area contributed by atoms with Crippen LogP contribution in [0.5, 0.6) is 0 Å². The third-order valence-electron chi connectivity index (χ3n) is 3.64. The SMILES string of the molecule is O=C(C=Cc1ccc(Br)s1)NCCCN1CCCCCC1. The lowest BCUT2D eigenvalue weighted by Crippen LogP contribution is -2.29. The molecule has 0 atom stereocenters. The normalized spacial score (nSPS) is 17.0. The van der Waals surface area contributed by atoms with Gasteiger partial charge in [0.1, 0.15) is 0 Å². The Hall–Kier alpha value is -0.650. The molecule has 1 amide bonds. The van der Waals surface area contributed by atoms with Crippen LogP contribution >= 0.6 is 27.3 Å². The number of hydrogen-bond acceptors (Lipinski definition) is 3. The van der Waals surface area contributed by atoms with E-state index in [1.54, 1.807) is 17.4 Å².